The summed E-state index contributed by atoms with van der Waals surface area (Å²) in [6.07, 6.45) is 1.42. The number of carbonyl (C=O) groups is 3. The number of aromatic nitrogens is 2. The Bertz CT molecular complexity index is 777. The number of carboxylic acid groups (broad SMARTS) is 1. The summed E-state index contributed by atoms with van der Waals surface area (Å²) in [5.74, 6) is -1.24. The first-order valence-corrected chi connectivity index (χ1v) is 7.76. The Morgan fingerprint density at radius 1 is 1.08 bits per heavy atom. The van der Waals surface area contributed by atoms with Gasteiger partial charge in [0.2, 0.25) is 5.91 Å². The number of hydrogen-bond acceptors (Lipinski definition) is 4. The summed E-state index contributed by atoms with van der Waals surface area (Å²) in [4.78, 5) is 45.4. The van der Waals surface area contributed by atoms with Gasteiger partial charge in [-0.05, 0) is 18.2 Å². The number of aromatic amines is 1. The van der Waals surface area contributed by atoms with Crippen molar-refractivity contribution < 1.29 is 19.5 Å². The van der Waals surface area contributed by atoms with Crippen LogP contribution in [-0.4, -0.2) is 68.8 Å². The first kappa shape index (κ1) is 16.0. The summed E-state index contributed by atoms with van der Waals surface area (Å²) in [5.41, 5.74) is 2.20. The Labute approximate surface area is 138 Å². The molecule has 0 aliphatic carbocycles. The molecule has 2 amide bonds. The van der Waals surface area contributed by atoms with Crippen molar-refractivity contribution in [2.24, 2.45) is 0 Å². The highest BCUT2D eigenvalue weighted by atomic mass is 16.4. The van der Waals surface area contributed by atoms with Crippen LogP contribution in [-0.2, 0) is 9.59 Å². The van der Waals surface area contributed by atoms with Crippen molar-refractivity contribution in [3.8, 4) is 0 Å². The molecule has 2 heterocycles. The first-order valence-electron chi connectivity index (χ1n) is 7.76. The minimum Gasteiger partial charge on any atom is -0.481 e. The lowest BCUT2D eigenvalue weighted by atomic mass is 10.1. The van der Waals surface area contributed by atoms with Gasteiger partial charge >= 0.3 is 5.97 Å². The Balaban J connectivity index is 1.58. The van der Waals surface area contributed by atoms with E-state index >= 15 is 0 Å². The van der Waals surface area contributed by atoms with Gasteiger partial charge in [-0.3, -0.25) is 14.4 Å². The summed E-state index contributed by atoms with van der Waals surface area (Å²) in [6, 6.07) is 5.32. The lowest BCUT2D eigenvalue weighted by Gasteiger charge is -2.34. The van der Waals surface area contributed by atoms with Crippen molar-refractivity contribution >= 4 is 28.8 Å². The topological polar surface area (TPSA) is 107 Å². The van der Waals surface area contributed by atoms with Gasteiger partial charge in [-0.2, -0.15) is 0 Å². The summed E-state index contributed by atoms with van der Waals surface area (Å²) < 4.78 is 0. The van der Waals surface area contributed by atoms with E-state index in [0.717, 1.165) is 11.0 Å². The molecule has 8 heteroatoms. The molecule has 2 aromatic rings. The number of hydrogen-bond donors (Lipinski definition) is 2. The SMILES string of the molecule is O=C(O)CCC(=O)N1CCN(C(=O)c2ccc3nc[nH]c3c2)CC1. The minimum atomic E-state index is -0.980. The number of nitrogens with one attached hydrogen (secondary N) is 1. The summed E-state index contributed by atoms with van der Waals surface area (Å²) in [5, 5.41) is 8.63. The maximum absolute atomic E-state index is 12.6. The number of aliphatic carboxylic acids is 1. The second kappa shape index (κ2) is 6.69. The third-order valence-corrected chi connectivity index (χ3v) is 4.14. The number of fused-ring (bicyclic) bond motifs is 1. The molecule has 1 aromatic carbocycles. The zero-order valence-electron chi connectivity index (χ0n) is 13.1. The average Bonchev–Trinajstić information content (AvgIpc) is 3.06. The van der Waals surface area contributed by atoms with E-state index in [1.54, 1.807) is 34.3 Å². The predicted octanol–water partition coefficient (Wildman–Crippen LogP) is 0.712. The van der Waals surface area contributed by atoms with Crippen molar-refractivity contribution in [2.45, 2.75) is 12.8 Å². The van der Waals surface area contributed by atoms with E-state index in [1.165, 1.54) is 0 Å². The van der Waals surface area contributed by atoms with Crippen molar-refractivity contribution in [1.29, 1.82) is 0 Å². The molecular weight excluding hydrogens is 312 g/mol. The zero-order valence-corrected chi connectivity index (χ0v) is 13.1. The summed E-state index contributed by atoms with van der Waals surface area (Å²) in [6.45, 7) is 1.74. The molecule has 1 aromatic heterocycles. The van der Waals surface area contributed by atoms with Crippen LogP contribution in [0, 0.1) is 0 Å². The van der Waals surface area contributed by atoms with Crippen molar-refractivity contribution in [2.75, 3.05) is 26.2 Å². The van der Waals surface area contributed by atoms with Crippen LogP contribution in [0.5, 0.6) is 0 Å². The quantitative estimate of drug-likeness (QED) is 0.859. The molecule has 126 valence electrons. The summed E-state index contributed by atoms with van der Waals surface area (Å²) in [7, 11) is 0. The normalized spacial score (nSPS) is 14.8. The van der Waals surface area contributed by atoms with Crippen LogP contribution >= 0.6 is 0 Å². The Morgan fingerprint density at radius 2 is 1.79 bits per heavy atom. The third-order valence-electron chi connectivity index (χ3n) is 4.14. The van der Waals surface area contributed by atoms with E-state index in [0.29, 0.717) is 31.7 Å². The number of carbonyl (C=O) groups excluding carboxylic acids is 2. The number of carboxylic acids is 1. The number of nitrogens with zero attached hydrogens (tertiary/aromatic N) is 3. The molecule has 8 nitrogen and oxygen atoms in total. The smallest absolute Gasteiger partial charge is 0.303 e. The molecule has 0 radical (unpaired) electrons. The molecule has 0 unspecified atom stereocenters. The Kier molecular flexibility index (Phi) is 4.45. The van der Waals surface area contributed by atoms with Crippen LogP contribution in [0.25, 0.3) is 11.0 Å². The third kappa shape index (κ3) is 3.37. The van der Waals surface area contributed by atoms with Gasteiger partial charge < -0.3 is 19.9 Å². The fourth-order valence-corrected chi connectivity index (χ4v) is 2.78. The number of H-pyrrole nitrogens is 1. The van der Waals surface area contributed by atoms with Gasteiger partial charge in [-0.1, -0.05) is 0 Å². The molecule has 0 saturated carbocycles. The number of piperazine rings is 1. The first-order chi connectivity index (χ1) is 11.5. The van der Waals surface area contributed by atoms with Crippen LogP contribution < -0.4 is 0 Å². The van der Waals surface area contributed by atoms with Crippen LogP contribution in [0.2, 0.25) is 0 Å². The van der Waals surface area contributed by atoms with E-state index in [2.05, 4.69) is 9.97 Å². The fourth-order valence-electron chi connectivity index (χ4n) is 2.78. The molecule has 0 spiro atoms. The molecule has 0 bridgehead atoms. The second-order valence-corrected chi connectivity index (χ2v) is 5.70. The number of rotatable bonds is 4. The van der Waals surface area contributed by atoms with Gasteiger partial charge in [-0.15, -0.1) is 0 Å². The molecule has 1 aliphatic heterocycles. The largest absolute Gasteiger partial charge is 0.481 e. The van der Waals surface area contributed by atoms with Crippen molar-refractivity contribution in [1.82, 2.24) is 19.8 Å². The molecule has 24 heavy (non-hydrogen) atoms. The lowest BCUT2D eigenvalue weighted by molar-refractivity contribution is -0.141. The van der Waals surface area contributed by atoms with Gasteiger partial charge in [0.25, 0.3) is 5.91 Å². The zero-order chi connectivity index (χ0) is 17.1. The van der Waals surface area contributed by atoms with Crippen LogP contribution in [0.1, 0.15) is 23.2 Å². The highest BCUT2D eigenvalue weighted by Gasteiger charge is 2.25. The number of amides is 2. The molecule has 2 N–H and O–H groups in total. The van der Waals surface area contributed by atoms with E-state index in [9.17, 15) is 14.4 Å². The van der Waals surface area contributed by atoms with E-state index in [-0.39, 0.29) is 24.7 Å². The summed E-state index contributed by atoms with van der Waals surface area (Å²) >= 11 is 0. The van der Waals surface area contributed by atoms with Crippen LogP contribution in [0.3, 0.4) is 0 Å². The maximum Gasteiger partial charge on any atom is 0.303 e. The fraction of sp³-hybridized carbons (Fsp3) is 0.375. The Hall–Kier alpha value is -2.90. The number of benzene rings is 1. The molecule has 0 atom stereocenters. The Morgan fingerprint density at radius 3 is 2.50 bits per heavy atom. The van der Waals surface area contributed by atoms with Crippen molar-refractivity contribution in [3.05, 3.63) is 30.1 Å². The molecule has 1 fully saturated rings. The molecule has 1 saturated heterocycles. The molecule has 1 aliphatic rings. The highest BCUT2D eigenvalue weighted by Crippen LogP contribution is 2.15. The van der Waals surface area contributed by atoms with E-state index in [4.69, 9.17) is 5.11 Å². The maximum atomic E-state index is 12.6. The van der Waals surface area contributed by atoms with Crippen LogP contribution in [0.15, 0.2) is 24.5 Å². The van der Waals surface area contributed by atoms with Crippen LogP contribution in [0.4, 0.5) is 0 Å². The van der Waals surface area contributed by atoms with E-state index in [1.807, 2.05) is 0 Å². The standard InChI is InChI=1S/C16H18N4O4/c21-14(3-4-15(22)23)19-5-7-20(8-6-19)16(24)11-1-2-12-13(9-11)18-10-17-12/h1-2,9-10H,3-8H2,(H,17,18)(H,22,23). The molecule has 3 rings (SSSR count). The van der Waals surface area contributed by atoms with Crippen molar-refractivity contribution in [3.63, 3.8) is 0 Å². The van der Waals surface area contributed by atoms with Gasteiger partial charge in [-0.25, -0.2) is 4.98 Å². The van der Waals surface area contributed by atoms with Gasteiger partial charge in [0, 0.05) is 38.2 Å². The number of imidazole rings is 1. The van der Waals surface area contributed by atoms with Gasteiger partial charge in [0.05, 0.1) is 23.8 Å². The lowest BCUT2D eigenvalue weighted by Crippen LogP contribution is -2.50. The predicted molar refractivity (Wildman–Crippen MR) is 85.4 cm³/mol. The van der Waals surface area contributed by atoms with Gasteiger partial charge in [0.15, 0.2) is 0 Å². The van der Waals surface area contributed by atoms with Gasteiger partial charge in [0.1, 0.15) is 0 Å². The monoisotopic (exact) mass is 330 g/mol. The second-order valence-electron chi connectivity index (χ2n) is 5.70. The highest BCUT2D eigenvalue weighted by molar-refractivity contribution is 5.97. The molecular formula is C16H18N4O4. The minimum absolute atomic E-state index is 0.000227. The average molecular weight is 330 g/mol. The van der Waals surface area contributed by atoms with E-state index < -0.39 is 5.97 Å².